The van der Waals surface area contributed by atoms with E-state index in [0.29, 0.717) is 6.42 Å². The van der Waals surface area contributed by atoms with Gasteiger partial charge in [-0.05, 0) is 24.1 Å². The Morgan fingerprint density at radius 2 is 1.87 bits per heavy atom. The first-order valence-electron chi connectivity index (χ1n) is 6.86. The second kappa shape index (κ2) is 6.39. The molecular weight excluding hydrogens is 311 g/mol. The molecule has 0 amide bonds. The summed E-state index contributed by atoms with van der Waals surface area (Å²) in [4.78, 5) is 16.1. The van der Waals surface area contributed by atoms with Gasteiger partial charge >= 0.3 is 6.36 Å². The number of carbonyl (C=O) groups is 1. The second-order valence-electron chi connectivity index (χ2n) is 5.77. The van der Waals surface area contributed by atoms with Gasteiger partial charge in [0.25, 0.3) is 0 Å². The Hall–Kier alpha value is -2.38. The maximum Gasteiger partial charge on any atom is 0.573 e. The molecule has 0 bridgehead atoms. The van der Waals surface area contributed by atoms with E-state index in [4.69, 9.17) is 0 Å². The normalized spacial score (nSPS) is 12.2. The third-order valence-electron chi connectivity index (χ3n) is 3.33. The van der Waals surface area contributed by atoms with E-state index in [2.05, 4.69) is 14.8 Å². The molecule has 0 fully saturated rings. The van der Waals surface area contributed by atoms with Crippen molar-refractivity contribution in [3.63, 3.8) is 0 Å². The van der Waals surface area contributed by atoms with Crippen LogP contribution in [0.2, 0.25) is 0 Å². The van der Waals surface area contributed by atoms with Crippen molar-refractivity contribution in [3.05, 3.63) is 42.5 Å². The summed E-state index contributed by atoms with van der Waals surface area (Å²) >= 11 is 0. The predicted octanol–water partition coefficient (Wildman–Crippen LogP) is 3.01. The number of aromatic nitrogens is 3. The first kappa shape index (κ1) is 17.0. The molecule has 0 spiro atoms. The van der Waals surface area contributed by atoms with Crippen LogP contribution in [0.25, 0.3) is 0 Å². The monoisotopic (exact) mass is 327 g/mol. The number of halogens is 3. The fourth-order valence-electron chi connectivity index (χ4n) is 2.09. The van der Waals surface area contributed by atoms with E-state index in [0.717, 1.165) is 5.56 Å². The number of ketones is 1. The van der Waals surface area contributed by atoms with Crippen LogP contribution in [0.5, 0.6) is 5.75 Å². The van der Waals surface area contributed by atoms with Crippen LogP contribution in [0.1, 0.15) is 19.4 Å². The summed E-state index contributed by atoms with van der Waals surface area (Å²) in [5.74, 6) is -0.327. The van der Waals surface area contributed by atoms with E-state index in [1.165, 1.54) is 41.6 Å². The van der Waals surface area contributed by atoms with Crippen LogP contribution in [0, 0.1) is 5.41 Å². The molecule has 0 saturated carbocycles. The fourth-order valence-corrected chi connectivity index (χ4v) is 2.09. The third-order valence-corrected chi connectivity index (χ3v) is 3.33. The number of alkyl halides is 3. The Balaban J connectivity index is 2.00. The smallest absolute Gasteiger partial charge is 0.406 e. The zero-order chi connectivity index (χ0) is 17.1. The molecule has 0 aliphatic carbocycles. The van der Waals surface area contributed by atoms with Crippen LogP contribution >= 0.6 is 0 Å². The largest absolute Gasteiger partial charge is 0.573 e. The Morgan fingerprint density at radius 3 is 2.39 bits per heavy atom. The molecule has 2 aromatic rings. The molecule has 0 aliphatic heterocycles. The van der Waals surface area contributed by atoms with Crippen molar-refractivity contribution in [2.24, 2.45) is 5.41 Å². The fraction of sp³-hybridized carbons (Fsp3) is 0.400. The van der Waals surface area contributed by atoms with Gasteiger partial charge in [-0.15, -0.1) is 13.2 Å². The van der Waals surface area contributed by atoms with Crippen molar-refractivity contribution in [3.8, 4) is 5.75 Å². The molecular formula is C15H16F3N3O2. The number of nitrogens with zero attached hydrogens (tertiary/aromatic N) is 3. The topological polar surface area (TPSA) is 57.0 Å². The van der Waals surface area contributed by atoms with E-state index < -0.39 is 11.8 Å². The van der Waals surface area contributed by atoms with Gasteiger partial charge in [0, 0.05) is 5.41 Å². The minimum atomic E-state index is -4.71. The summed E-state index contributed by atoms with van der Waals surface area (Å²) in [6, 6.07) is 5.51. The summed E-state index contributed by atoms with van der Waals surface area (Å²) < 4.78 is 41.6. The maximum atomic E-state index is 12.3. The molecule has 8 heteroatoms. The highest BCUT2D eigenvalue weighted by Gasteiger charge is 2.31. The summed E-state index contributed by atoms with van der Waals surface area (Å²) in [5, 5.41) is 3.88. The molecule has 1 aromatic heterocycles. The summed E-state index contributed by atoms with van der Waals surface area (Å²) in [6.45, 7) is 3.67. The first-order valence-corrected chi connectivity index (χ1v) is 6.86. The van der Waals surface area contributed by atoms with Crippen molar-refractivity contribution in [2.75, 3.05) is 0 Å². The number of hydrogen-bond acceptors (Lipinski definition) is 4. The minimum Gasteiger partial charge on any atom is -0.406 e. The molecule has 1 heterocycles. The van der Waals surface area contributed by atoms with Gasteiger partial charge in [0.1, 0.15) is 24.9 Å². The number of Topliss-reactive ketones (excluding diaryl/α,β-unsaturated/α-hetero) is 1. The lowest BCUT2D eigenvalue weighted by molar-refractivity contribution is -0.274. The predicted molar refractivity (Wildman–Crippen MR) is 75.6 cm³/mol. The van der Waals surface area contributed by atoms with Crippen molar-refractivity contribution < 1.29 is 22.7 Å². The Kier molecular flexibility index (Phi) is 4.72. The average molecular weight is 327 g/mol. The van der Waals surface area contributed by atoms with Gasteiger partial charge < -0.3 is 4.74 Å². The maximum absolute atomic E-state index is 12.3. The number of ether oxygens (including phenoxy) is 1. The van der Waals surface area contributed by atoms with E-state index in [1.807, 2.05) is 0 Å². The van der Waals surface area contributed by atoms with Crippen molar-refractivity contribution in [1.29, 1.82) is 0 Å². The van der Waals surface area contributed by atoms with Gasteiger partial charge in [-0.1, -0.05) is 26.0 Å². The highest BCUT2D eigenvalue weighted by atomic mass is 19.4. The molecule has 23 heavy (non-hydrogen) atoms. The molecule has 2 rings (SSSR count). The SMILES string of the molecule is CC(C)(Cc1ccc(OC(F)(F)F)cc1)C(=O)Cn1cncn1. The molecule has 1 aromatic carbocycles. The van der Waals surface area contributed by atoms with Crippen LogP contribution in [0.3, 0.4) is 0 Å². The van der Waals surface area contributed by atoms with Crippen LogP contribution in [0.4, 0.5) is 13.2 Å². The number of carbonyl (C=O) groups excluding carboxylic acids is 1. The van der Waals surface area contributed by atoms with Crippen molar-refractivity contribution in [1.82, 2.24) is 14.8 Å². The van der Waals surface area contributed by atoms with Crippen LogP contribution < -0.4 is 4.74 Å². The lowest BCUT2D eigenvalue weighted by Gasteiger charge is -2.23. The average Bonchev–Trinajstić information content (AvgIpc) is 2.92. The highest BCUT2D eigenvalue weighted by molar-refractivity contribution is 5.84. The first-order chi connectivity index (χ1) is 10.7. The Bertz CT molecular complexity index is 650. The number of hydrogen-bond donors (Lipinski definition) is 0. The second-order valence-corrected chi connectivity index (χ2v) is 5.77. The van der Waals surface area contributed by atoms with Gasteiger partial charge in [0.05, 0.1) is 0 Å². The summed E-state index contributed by atoms with van der Waals surface area (Å²) in [7, 11) is 0. The van der Waals surface area contributed by atoms with Gasteiger partial charge in [-0.2, -0.15) is 5.10 Å². The zero-order valence-electron chi connectivity index (χ0n) is 12.7. The lowest BCUT2D eigenvalue weighted by Crippen LogP contribution is -2.30. The Labute approximate surface area is 131 Å². The van der Waals surface area contributed by atoms with Gasteiger partial charge in [0.15, 0.2) is 5.78 Å². The van der Waals surface area contributed by atoms with Gasteiger partial charge in [-0.25, -0.2) is 9.67 Å². The van der Waals surface area contributed by atoms with Crippen molar-refractivity contribution >= 4 is 5.78 Å². The molecule has 0 unspecified atom stereocenters. The molecule has 124 valence electrons. The van der Waals surface area contributed by atoms with Gasteiger partial charge in [-0.3, -0.25) is 4.79 Å². The Morgan fingerprint density at radius 1 is 1.22 bits per heavy atom. The lowest BCUT2D eigenvalue weighted by atomic mass is 9.81. The zero-order valence-corrected chi connectivity index (χ0v) is 12.7. The highest BCUT2D eigenvalue weighted by Crippen LogP contribution is 2.27. The molecule has 0 saturated heterocycles. The molecule has 0 radical (unpaired) electrons. The van der Waals surface area contributed by atoms with E-state index >= 15 is 0 Å². The standard InChI is InChI=1S/C15H16F3N3O2/c1-14(2,13(22)8-21-10-19-9-20-21)7-11-3-5-12(6-4-11)23-15(16,17)18/h3-6,9-10H,7-8H2,1-2H3. The van der Waals surface area contributed by atoms with E-state index in [-0.39, 0.29) is 18.1 Å². The minimum absolute atomic E-state index is 0.0429. The molecule has 0 atom stereocenters. The molecule has 0 aliphatic rings. The van der Waals surface area contributed by atoms with E-state index in [1.54, 1.807) is 13.8 Å². The van der Waals surface area contributed by atoms with Crippen molar-refractivity contribution in [2.45, 2.75) is 33.2 Å². The van der Waals surface area contributed by atoms with Gasteiger partial charge in [0.2, 0.25) is 0 Å². The number of rotatable bonds is 6. The van der Waals surface area contributed by atoms with E-state index in [9.17, 15) is 18.0 Å². The molecule has 5 nitrogen and oxygen atoms in total. The summed E-state index contributed by atoms with van der Waals surface area (Å²) in [5.41, 5.74) is 0.0645. The van der Waals surface area contributed by atoms with Crippen LogP contribution in [0.15, 0.2) is 36.9 Å². The number of benzene rings is 1. The summed E-state index contributed by atoms with van der Waals surface area (Å²) in [6.07, 6.45) is -1.52. The van der Waals surface area contributed by atoms with Crippen LogP contribution in [-0.4, -0.2) is 26.9 Å². The molecule has 0 N–H and O–H groups in total. The van der Waals surface area contributed by atoms with Crippen LogP contribution in [-0.2, 0) is 17.8 Å². The quantitative estimate of drug-likeness (QED) is 0.818. The third kappa shape index (κ3) is 5.08.